The Hall–Kier alpha value is -4.35. The topological polar surface area (TPSA) is 193 Å². The first-order valence-corrected chi connectivity index (χ1v) is 9.61. The van der Waals surface area contributed by atoms with Gasteiger partial charge in [0.2, 0.25) is 5.95 Å². The number of fused-ring (bicyclic) bond motifs is 1. The van der Waals surface area contributed by atoms with Crippen LogP contribution in [0.4, 0.5) is 11.6 Å². The standard InChI is InChI=1S/C20H21N7O5/c1-10(28)14(6-7-15(29)30)25-18(31)11-2-4-12(5-3-11)22-8-13-9-23-17-16(24-13)19(32)27-20(21)26-17/h2-5,9,14,22H,6-8H2,1H3,(H,25,31)(H,29,30)(H3,21,23,26,27,32)/t14-/m0/s1. The number of benzene rings is 1. The third-order valence-corrected chi connectivity index (χ3v) is 4.55. The fraction of sp³-hybridized carbons (Fsp3) is 0.250. The number of hydrogen-bond donors (Lipinski definition) is 5. The van der Waals surface area contributed by atoms with Crippen LogP contribution in [0.25, 0.3) is 11.2 Å². The lowest BCUT2D eigenvalue weighted by Gasteiger charge is -2.15. The second-order valence-corrected chi connectivity index (χ2v) is 6.98. The van der Waals surface area contributed by atoms with Crippen LogP contribution in [-0.2, 0) is 16.1 Å². The van der Waals surface area contributed by atoms with Gasteiger partial charge >= 0.3 is 5.97 Å². The zero-order chi connectivity index (χ0) is 23.3. The molecule has 0 aliphatic heterocycles. The van der Waals surface area contributed by atoms with Gasteiger partial charge in [0.05, 0.1) is 24.5 Å². The van der Waals surface area contributed by atoms with E-state index in [1.807, 2.05) is 0 Å². The summed E-state index contributed by atoms with van der Waals surface area (Å²) in [5, 5.41) is 14.4. The number of carboxylic acids is 1. The molecular formula is C20H21N7O5. The van der Waals surface area contributed by atoms with Gasteiger partial charge in [0.1, 0.15) is 0 Å². The number of nitrogen functional groups attached to an aromatic ring is 1. The number of ketones is 1. The zero-order valence-electron chi connectivity index (χ0n) is 17.1. The molecule has 2 heterocycles. The van der Waals surface area contributed by atoms with Crippen LogP contribution >= 0.6 is 0 Å². The number of anilines is 2. The summed E-state index contributed by atoms with van der Waals surface area (Å²) in [6, 6.07) is 5.60. The van der Waals surface area contributed by atoms with Crippen molar-refractivity contribution in [3.05, 3.63) is 52.1 Å². The third-order valence-electron chi connectivity index (χ3n) is 4.55. The molecule has 0 spiro atoms. The highest BCUT2D eigenvalue weighted by atomic mass is 16.4. The van der Waals surface area contributed by atoms with Crippen molar-refractivity contribution >= 4 is 40.5 Å². The molecule has 3 aromatic rings. The average molecular weight is 439 g/mol. The normalized spacial score (nSPS) is 11.7. The average Bonchev–Trinajstić information content (AvgIpc) is 2.75. The molecule has 0 bridgehead atoms. The summed E-state index contributed by atoms with van der Waals surface area (Å²) in [5.41, 5.74) is 6.73. The summed E-state index contributed by atoms with van der Waals surface area (Å²) in [6.45, 7) is 1.56. The molecule has 0 aliphatic carbocycles. The van der Waals surface area contributed by atoms with E-state index in [-0.39, 0.29) is 42.3 Å². The minimum Gasteiger partial charge on any atom is -0.481 e. The molecule has 1 amide bonds. The molecule has 6 N–H and O–H groups in total. The molecule has 1 aromatic carbocycles. The minimum atomic E-state index is -1.04. The molecule has 12 heteroatoms. The molecule has 0 saturated carbocycles. The summed E-state index contributed by atoms with van der Waals surface area (Å²) >= 11 is 0. The molecule has 12 nitrogen and oxygen atoms in total. The number of aromatic nitrogens is 4. The number of amides is 1. The van der Waals surface area contributed by atoms with E-state index in [0.717, 1.165) is 0 Å². The number of rotatable bonds is 9. The van der Waals surface area contributed by atoms with Crippen molar-refractivity contribution in [2.75, 3.05) is 11.1 Å². The van der Waals surface area contributed by atoms with E-state index >= 15 is 0 Å². The quantitative estimate of drug-likeness (QED) is 0.313. The van der Waals surface area contributed by atoms with Gasteiger partial charge in [-0.05, 0) is 37.6 Å². The van der Waals surface area contributed by atoms with Crippen LogP contribution in [0.2, 0.25) is 0 Å². The van der Waals surface area contributed by atoms with Gasteiger partial charge in [-0.15, -0.1) is 0 Å². The van der Waals surface area contributed by atoms with Crippen molar-refractivity contribution in [1.29, 1.82) is 0 Å². The Bertz CT molecular complexity index is 1220. The lowest BCUT2D eigenvalue weighted by molar-refractivity contribution is -0.137. The van der Waals surface area contributed by atoms with Gasteiger partial charge in [-0.2, -0.15) is 4.98 Å². The van der Waals surface area contributed by atoms with Gasteiger partial charge in [0.15, 0.2) is 16.9 Å². The number of carboxylic acid groups (broad SMARTS) is 1. The Morgan fingerprint density at radius 2 is 1.91 bits per heavy atom. The first-order chi connectivity index (χ1) is 15.2. The number of hydrogen-bond acceptors (Lipinski definition) is 9. The van der Waals surface area contributed by atoms with E-state index < -0.39 is 23.5 Å². The summed E-state index contributed by atoms with van der Waals surface area (Å²) in [7, 11) is 0. The highest BCUT2D eigenvalue weighted by Crippen LogP contribution is 2.12. The molecule has 32 heavy (non-hydrogen) atoms. The number of Topliss-reactive ketones (excluding diaryl/α,β-unsaturated/α-hetero) is 1. The molecule has 2 aromatic heterocycles. The maximum absolute atomic E-state index is 12.4. The Morgan fingerprint density at radius 1 is 1.19 bits per heavy atom. The number of nitrogens with zero attached hydrogens (tertiary/aromatic N) is 3. The van der Waals surface area contributed by atoms with E-state index in [1.54, 1.807) is 24.3 Å². The fourth-order valence-corrected chi connectivity index (χ4v) is 2.87. The highest BCUT2D eigenvalue weighted by Gasteiger charge is 2.19. The van der Waals surface area contributed by atoms with E-state index in [2.05, 4.69) is 30.6 Å². The molecule has 0 fully saturated rings. The van der Waals surface area contributed by atoms with Crippen LogP contribution in [0.15, 0.2) is 35.3 Å². The van der Waals surface area contributed by atoms with E-state index in [9.17, 15) is 19.2 Å². The summed E-state index contributed by atoms with van der Waals surface area (Å²) in [5.74, 6) is -1.87. The molecule has 1 atom stereocenters. The monoisotopic (exact) mass is 439 g/mol. The smallest absolute Gasteiger partial charge is 0.303 e. The number of aromatic amines is 1. The Kier molecular flexibility index (Phi) is 6.73. The van der Waals surface area contributed by atoms with Gasteiger partial charge in [0.25, 0.3) is 11.5 Å². The summed E-state index contributed by atoms with van der Waals surface area (Å²) in [4.78, 5) is 61.3. The van der Waals surface area contributed by atoms with Gasteiger partial charge in [-0.1, -0.05) is 0 Å². The molecule has 0 saturated heterocycles. The van der Waals surface area contributed by atoms with Crippen molar-refractivity contribution in [2.24, 2.45) is 0 Å². The van der Waals surface area contributed by atoms with Gasteiger partial charge in [-0.25, -0.2) is 9.97 Å². The fourth-order valence-electron chi connectivity index (χ4n) is 2.87. The summed E-state index contributed by atoms with van der Waals surface area (Å²) in [6.07, 6.45) is 1.27. The van der Waals surface area contributed by atoms with Crippen LogP contribution in [0.3, 0.4) is 0 Å². The Balaban J connectivity index is 1.62. The molecular weight excluding hydrogens is 418 g/mol. The second-order valence-electron chi connectivity index (χ2n) is 6.98. The van der Waals surface area contributed by atoms with Crippen LogP contribution < -0.4 is 21.9 Å². The van der Waals surface area contributed by atoms with E-state index in [0.29, 0.717) is 16.9 Å². The molecule has 3 rings (SSSR count). The molecule has 0 aliphatic rings. The van der Waals surface area contributed by atoms with Crippen molar-refractivity contribution in [1.82, 2.24) is 25.3 Å². The molecule has 0 unspecified atom stereocenters. The Labute approximate surface area is 181 Å². The third kappa shape index (κ3) is 5.62. The van der Waals surface area contributed by atoms with Crippen molar-refractivity contribution in [3.8, 4) is 0 Å². The van der Waals surface area contributed by atoms with Crippen LogP contribution in [-0.4, -0.2) is 48.7 Å². The van der Waals surface area contributed by atoms with Crippen LogP contribution in [0, 0.1) is 0 Å². The predicted molar refractivity (Wildman–Crippen MR) is 115 cm³/mol. The maximum Gasteiger partial charge on any atom is 0.303 e. The first kappa shape index (κ1) is 22.3. The molecule has 166 valence electrons. The highest BCUT2D eigenvalue weighted by molar-refractivity contribution is 5.97. The van der Waals surface area contributed by atoms with E-state index in [1.165, 1.54) is 13.1 Å². The lowest BCUT2D eigenvalue weighted by Crippen LogP contribution is -2.40. The summed E-state index contributed by atoms with van der Waals surface area (Å²) < 4.78 is 0. The van der Waals surface area contributed by atoms with Gasteiger partial charge in [-0.3, -0.25) is 24.2 Å². The lowest BCUT2D eigenvalue weighted by atomic mass is 10.1. The van der Waals surface area contributed by atoms with Gasteiger partial charge < -0.3 is 21.5 Å². The minimum absolute atomic E-state index is 0.0216. The number of nitrogens with two attached hydrogens (primary N) is 1. The van der Waals surface area contributed by atoms with Crippen LogP contribution in [0.1, 0.15) is 35.8 Å². The number of carbonyl (C=O) groups is 3. The van der Waals surface area contributed by atoms with E-state index in [4.69, 9.17) is 10.8 Å². The van der Waals surface area contributed by atoms with Gasteiger partial charge in [0, 0.05) is 17.7 Å². The number of H-pyrrole nitrogens is 1. The van der Waals surface area contributed by atoms with Crippen molar-refractivity contribution in [3.63, 3.8) is 0 Å². The SMILES string of the molecule is CC(=O)[C@H](CCC(=O)O)NC(=O)c1ccc(NCc2cnc3nc(N)[nH]c(=O)c3n2)cc1. The maximum atomic E-state index is 12.4. The van der Waals surface area contributed by atoms with Crippen molar-refractivity contribution in [2.45, 2.75) is 32.4 Å². The number of nitrogens with one attached hydrogen (secondary N) is 3. The zero-order valence-corrected chi connectivity index (χ0v) is 17.1. The largest absolute Gasteiger partial charge is 0.481 e. The number of aliphatic carboxylic acids is 1. The predicted octanol–water partition coefficient (Wildman–Crippen LogP) is 0.460. The second kappa shape index (κ2) is 9.64. The van der Waals surface area contributed by atoms with Crippen LogP contribution in [0.5, 0.6) is 0 Å². The Morgan fingerprint density at radius 3 is 2.56 bits per heavy atom. The number of carbonyl (C=O) groups excluding carboxylic acids is 2. The molecule has 0 radical (unpaired) electrons. The van der Waals surface area contributed by atoms with Crippen molar-refractivity contribution < 1.29 is 19.5 Å². The first-order valence-electron chi connectivity index (χ1n) is 9.61.